The van der Waals surface area contributed by atoms with Gasteiger partial charge >= 0.3 is 5.97 Å². The van der Waals surface area contributed by atoms with Gasteiger partial charge in [0.15, 0.2) is 11.5 Å². The lowest BCUT2D eigenvalue weighted by Gasteiger charge is -2.03. The third-order valence-corrected chi connectivity index (χ3v) is 1.89. The topological polar surface area (TPSA) is 43.6 Å². The van der Waals surface area contributed by atoms with Gasteiger partial charge in [0, 0.05) is 0 Å². The van der Waals surface area contributed by atoms with Crippen LogP contribution in [0.1, 0.15) is 10.5 Å². The molecule has 2 aromatic rings. The number of hydrogen-bond acceptors (Lipinski definition) is 3. The minimum atomic E-state index is -0.739. The summed E-state index contributed by atoms with van der Waals surface area (Å²) >= 11 is 0. The number of halogens is 1. The molecule has 2 heterocycles. The van der Waals surface area contributed by atoms with Crippen molar-refractivity contribution < 1.29 is 13.9 Å². The summed E-state index contributed by atoms with van der Waals surface area (Å²) in [7, 11) is 1.20. The molecule has 0 radical (unpaired) electrons. The van der Waals surface area contributed by atoms with Crippen molar-refractivity contribution in [1.82, 2.24) is 9.61 Å². The molecular formula is C9H7FN2O2. The molecule has 0 atom stereocenters. The van der Waals surface area contributed by atoms with Gasteiger partial charge in [0.05, 0.1) is 18.8 Å². The number of esters is 1. The Labute approximate surface area is 78.9 Å². The summed E-state index contributed by atoms with van der Waals surface area (Å²) in [5.74, 6) is -1.38. The van der Waals surface area contributed by atoms with Crippen LogP contribution in [0.25, 0.3) is 5.52 Å². The zero-order chi connectivity index (χ0) is 10.1. The fraction of sp³-hybridized carbons (Fsp3) is 0.111. The van der Waals surface area contributed by atoms with Gasteiger partial charge in [-0.15, -0.1) is 0 Å². The molecule has 0 saturated heterocycles. The average Bonchev–Trinajstić information content (AvgIpc) is 2.64. The summed E-state index contributed by atoms with van der Waals surface area (Å²) in [6.45, 7) is 0. The molecule has 2 aromatic heterocycles. The molecule has 0 spiro atoms. The van der Waals surface area contributed by atoms with Crippen LogP contribution < -0.4 is 0 Å². The van der Waals surface area contributed by atoms with Crippen LogP contribution >= 0.6 is 0 Å². The second-order valence-electron chi connectivity index (χ2n) is 2.69. The number of aromatic nitrogens is 2. The smallest absolute Gasteiger partial charge is 0.359 e. The Morgan fingerprint density at radius 1 is 1.50 bits per heavy atom. The molecule has 4 nitrogen and oxygen atoms in total. The molecule has 5 heteroatoms. The summed E-state index contributed by atoms with van der Waals surface area (Å²) < 4.78 is 18.9. The number of rotatable bonds is 1. The minimum absolute atomic E-state index is 0.185. The maximum atomic E-state index is 13.3. The van der Waals surface area contributed by atoms with Crippen molar-refractivity contribution in [1.29, 1.82) is 0 Å². The monoisotopic (exact) mass is 194 g/mol. The van der Waals surface area contributed by atoms with Crippen molar-refractivity contribution in [2.75, 3.05) is 7.11 Å². The Balaban J connectivity index is 2.76. The lowest BCUT2D eigenvalue weighted by atomic mass is 10.3. The number of ether oxygens (including phenoxy) is 1. The molecule has 0 saturated carbocycles. The van der Waals surface area contributed by atoms with E-state index in [2.05, 4.69) is 9.84 Å². The van der Waals surface area contributed by atoms with E-state index < -0.39 is 11.8 Å². The molecule has 72 valence electrons. The van der Waals surface area contributed by atoms with E-state index in [1.54, 1.807) is 6.07 Å². The number of fused-ring (bicyclic) bond motifs is 1. The Hall–Kier alpha value is -1.91. The van der Waals surface area contributed by atoms with Crippen LogP contribution in [0.5, 0.6) is 0 Å². The molecule has 0 aliphatic rings. The Kier molecular flexibility index (Phi) is 1.92. The number of nitrogens with zero attached hydrogens (tertiary/aromatic N) is 2. The third-order valence-electron chi connectivity index (χ3n) is 1.89. The molecule has 0 aliphatic carbocycles. The highest BCUT2D eigenvalue weighted by Crippen LogP contribution is 2.11. The van der Waals surface area contributed by atoms with Gasteiger partial charge in [-0.1, -0.05) is 0 Å². The highest BCUT2D eigenvalue weighted by molar-refractivity contribution is 5.88. The van der Waals surface area contributed by atoms with Crippen LogP contribution in [0.15, 0.2) is 24.4 Å². The van der Waals surface area contributed by atoms with E-state index in [4.69, 9.17) is 0 Å². The van der Waals surface area contributed by atoms with Gasteiger partial charge in [0.25, 0.3) is 0 Å². The summed E-state index contributed by atoms with van der Waals surface area (Å²) in [5, 5.41) is 3.82. The van der Waals surface area contributed by atoms with Gasteiger partial charge in [-0.2, -0.15) is 5.10 Å². The van der Waals surface area contributed by atoms with Crippen molar-refractivity contribution >= 4 is 11.5 Å². The SMILES string of the molecule is COC(=O)c1c(F)ccc2ccnn12. The van der Waals surface area contributed by atoms with E-state index >= 15 is 0 Å². The fourth-order valence-corrected chi connectivity index (χ4v) is 1.25. The highest BCUT2D eigenvalue weighted by atomic mass is 19.1. The molecule has 0 N–H and O–H groups in total. The van der Waals surface area contributed by atoms with Crippen LogP contribution in [0.4, 0.5) is 4.39 Å². The molecule has 0 bridgehead atoms. The van der Waals surface area contributed by atoms with Gasteiger partial charge < -0.3 is 4.74 Å². The minimum Gasteiger partial charge on any atom is -0.464 e. The first-order valence-corrected chi connectivity index (χ1v) is 3.94. The van der Waals surface area contributed by atoms with Crippen LogP contribution in [-0.4, -0.2) is 22.7 Å². The molecule has 0 amide bonds. The predicted octanol–water partition coefficient (Wildman–Crippen LogP) is 1.26. The van der Waals surface area contributed by atoms with E-state index in [1.807, 2.05) is 0 Å². The van der Waals surface area contributed by atoms with Crippen LogP contribution in [0, 0.1) is 5.82 Å². The van der Waals surface area contributed by atoms with Gasteiger partial charge in [-0.25, -0.2) is 13.7 Å². The van der Waals surface area contributed by atoms with E-state index in [0.29, 0.717) is 5.52 Å². The second-order valence-corrected chi connectivity index (χ2v) is 2.69. The van der Waals surface area contributed by atoms with Crippen molar-refractivity contribution in [3.8, 4) is 0 Å². The normalized spacial score (nSPS) is 10.4. The zero-order valence-corrected chi connectivity index (χ0v) is 7.40. The molecule has 2 rings (SSSR count). The number of methoxy groups -OCH3 is 1. The maximum Gasteiger partial charge on any atom is 0.359 e. The highest BCUT2D eigenvalue weighted by Gasteiger charge is 2.16. The van der Waals surface area contributed by atoms with Crippen molar-refractivity contribution in [2.45, 2.75) is 0 Å². The first-order chi connectivity index (χ1) is 6.74. The number of carbonyl (C=O) groups excluding carboxylic acids is 1. The van der Waals surface area contributed by atoms with Crippen LogP contribution in [0.3, 0.4) is 0 Å². The number of hydrogen-bond donors (Lipinski definition) is 0. The van der Waals surface area contributed by atoms with Crippen LogP contribution in [0.2, 0.25) is 0 Å². The second kappa shape index (κ2) is 3.10. The standard InChI is InChI=1S/C9H7FN2O2/c1-14-9(13)8-7(10)3-2-6-4-5-11-12(6)8/h2-5H,1H3. The number of carbonyl (C=O) groups is 1. The van der Waals surface area contributed by atoms with E-state index in [9.17, 15) is 9.18 Å². The van der Waals surface area contributed by atoms with E-state index in [1.165, 1.54) is 30.0 Å². The summed E-state index contributed by atoms with van der Waals surface area (Å²) in [6.07, 6.45) is 1.49. The van der Waals surface area contributed by atoms with Crippen molar-refractivity contribution in [3.63, 3.8) is 0 Å². The predicted molar refractivity (Wildman–Crippen MR) is 46.5 cm³/mol. The quantitative estimate of drug-likeness (QED) is 0.642. The van der Waals surface area contributed by atoms with Gasteiger partial charge in [0.2, 0.25) is 0 Å². The molecule has 0 aromatic carbocycles. The summed E-state index contributed by atoms with van der Waals surface area (Å²) in [4.78, 5) is 11.2. The summed E-state index contributed by atoms with van der Waals surface area (Å²) in [5.41, 5.74) is 0.460. The molecule has 0 aliphatic heterocycles. The Morgan fingerprint density at radius 3 is 3.00 bits per heavy atom. The Bertz CT molecular complexity index is 493. The van der Waals surface area contributed by atoms with Gasteiger partial charge in [0.1, 0.15) is 0 Å². The van der Waals surface area contributed by atoms with Crippen molar-refractivity contribution in [2.24, 2.45) is 0 Å². The Morgan fingerprint density at radius 2 is 2.29 bits per heavy atom. The maximum absolute atomic E-state index is 13.3. The first kappa shape index (κ1) is 8.68. The van der Waals surface area contributed by atoms with Gasteiger partial charge in [-0.05, 0) is 18.2 Å². The number of pyridine rings is 1. The average molecular weight is 194 g/mol. The van der Waals surface area contributed by atoms with E-state index in [0.717, 1.165) is 0 Å². The summed E-state index contributed by atoms with van der Waals surface area (Å²) in [6, 6.07) is 4.42. The van der Waals surface area contributed by atoms with Crippen molar-refractivity contribution in [3.05, 3.63) is 35.9 Å². The molecule has 0 unspecified atom stereocenters. The molecular weight excluding hydrogens is 187 g/mol. The zero-order valence-electron chi connectivity index (χ0n) is 7.40. The molecule has 14 heavy (non-hydrogen) atoms. The third kappa shape index (κ3) is 1.14. The van der Waals surface area contributed by atoms with Gasteiger partial charge in [-0.3, -0.25) is 0 Å². The lowest BCUT2D eigenvalue weighted by molar-refractivity contribution is 0.0585. The van der Waals surface area contributed by atoms with Crippen LogP contribution in [-0.2, 0) is 4.74 Å². The molecule has 0 fully saturated rings. The fourth-order valence-electron chi connectivity index (χ4n) is 1.25. The first-order valence-electron chi connectivity index (χ1n) is 3.94. The van der Waals surface area contributed by atoms with E-state index in [-0.39, 0.29) is 5.69 Å². The lowest BCUT2D eigenvalue weighted by Crippen LogP contribution is -2.11. The largest absolute Gasteiger partial charge is 0.464 e.